The van der Waals surface area contributed by atoms with Crippen molar-refractivity contribution in [3.05, 3.63) is 46.2 Å². The van der Waals surface area contributed by atoms with Crippen LogP contribution in [0.4, 0.5) is 15.8 Å². The highest BCUT2D eigenvalue weighted by atomic mass is 79.9. The van der Waals surface area contributed by atoms with Crippen molar-refractivity contribution < 1.29 is 19.0 Å². The van der Waals surface area contributed by atoms with Gasteiger partial charge in [-0.25, -0.2) is 9.38 Å². The summed E-state index contributed by atoms with van der Waals surface area (Å²) in [5.74, 6) is 0.737. The third-order valence-electron chi connectivity index (χ3n) is 4.49. The van der Waals surface area contributed by atoms with E-state index in [0.717, 1.165) is 11.3 Å². The predicted molar refractivity (Wildman–Crippen MR) is 92.8 cm³/mol. The highest BCUT2D eigenvalue weighted by molar-refractivity contribution is 9.10. The number of fused-ring (bicyclic) bond motifs is 4. The molecule has 3 unspecified atom stereocenters. The number of anilines is 1. The standard InChI is InChI=1S/C17H13BrFN3O3/c18-9-2-1-3-10(15(9)19)21-17-16-8-4-13-12(24-6-14(23)25-13)5-11(8)20-7-22(16)17/h1-5,7,14,16-17,21,23H,6H2. The summed E-state index contributed by atoms with van der Waals surface area (Å²) >= 11 is 3.20. The Bertz CT molecular complexity index is 907. The second-order valence-electron chi connectivity index (χ2n) is 6.07. The number of aliphatic imine (C=N–C) groups is 1. The minimum Gasteiger partial charge on any atom is -0.483 e. The van der Waals surface area contributed by atoms with Crippen LogP contribution in [0, 0.1) is 5.82 Å². The van der Waals surface area contributed by atoms with Crippen LogP contribution < -0.4 is 14.8 Å². The van der Waals surface area contributed by atoms with Gasteiger partial charge >= 0.3 is 0 Å². The predicted octanol–water partition coefficient (Wildman–Crippen LogP) is 3.15. The number of benzene rings is 2. The van der Waals surface area contributed by atoms with E-state index < -0.39 is 6.29 Å². The third-order valence-corrected chi connectivity index (χ3v) is 5.11. The highest BCUT2D eigenvalue weighted by Crippen LogP contribution is 2.52. The number of hydrogen-bond donors (Lipinski definition) is 2. The normalized spacial score (nSPS) is 25.2. The maximum atomic E-state index is 14.2. The quantitative estimate of drug-likeness (QED) is 0.751. The average molecular weight is 406 g/mol. The average Bonchev–Trinajstić information content (AvgIpc) is 3.30. The van der Waals surface area contributed by atoms with E-state index in [2.05, 4.69) is 26.2 Å². The van der Waals surface area contributed by atoms with Crippen LogP contribution in [0.3, 0.4) is 0 Å². The lowest BCUT2D eigenvalue weighted by atomic mass is 10.1. The Labute approximate surface area is 151 Å². The fraction of sp³-hybridized carbons (Fsp3) is 0.235. The van der Waals surface area contributed by atoms with Gasteiger partial charge in [-0.1, -0.05) is 6.07 Å². The van der Waals surface area contributed by atoms with Crippen molar-refractivity contribution in [2.45, 2.75) is 18.5 Å². The van der Waals surface area contributed by atoms with Crippen molar-refractivity contribution in [1.82, 2.24) is 4.90 Å². The first kappa shape index (κ1) is 15.0. The zero-order valence-electron chi connectivity index (χ0n) is 12.8. The van der Waals surface area contributed by atoms with Crippen LogP contribution in [-0.4, -0.2) is 35.4 Å². The lowest BCUT2D eigenvalue weighted by Gasteiger charge is -2.24. The first-order chi connectivity index (χ1) is 12.1. The summed E-state index contributed by atoms with van der Waals surface area (Å²) in [5, 5.41) is 12.8. The minimum absolute atomic E-state index is 0.0267. The number of nitrogens with one attached hydrogen (secondary N) is 1. The largest absolute Gasteiger partial charge is 0.483 e. The fourth-order valence-electron chi connectivity index (χ4n) is 3.24. The van der Waals surface area contributed by atoms with Crippen LogP contribution in [0.1, 0.15) is 11.6 Å². The van der Waals surface area contributed by atoms with Crippen molar-refractivity contribution in [2.24, 2.45) is 4.99 Å². The molecule has 0 spiro atoms. The zero-order valence-corrected chi connectivity index (χ0v) is 14.4. The summed E-state index contributed by atoms with van der Waals surface area (Å²) in [4.78, 5) is 6.43. The van der Waals surface area contributed by atoms with Crippen LogP contribution >= 0.6 is 15.9 Å². The second-order valence-corrected chi connectivity index (χ2v) is 6.92. The molecule has 2 N–H and O–H groups in total. The van der Waals surface area contributed by atoms with Gasteiger partial charge in [-0.3, -0.25) is 0 Å². The summed E-state index contributed by atoms with van der Waals surface area (Å²) in [5.41, 5.74) is 2.17. The molecule has 0 saturated carbocycles. The molecule has 8 heteroatoms. The van der Waals surface area contributed by atoms with Crippen molar-refractivity contribution in [3.8, 4) is 11.5 Å². The molecule has 0 aliphatic carbocycles. The molecule has 2 aromatic carbocycles. The molecule has 3 atom stereocenters. The van der Waals surface area contributed by atoms with Gasteiger partial charge < -0.3 is 24.8 Å². The molecule has 3 aliphatic rings. The van der Waals surface area contributed by atoms with Gasteiger partial charge in [0.05, 0.1) is 28.2 Å². The molecule has 3 heterocycles. The molecule has 128 valence electrons. The van der Waals surface area contributed by atoms with Crippen LogP contribution in [0.25, 0.3) is 0 Å². The van der Waals surface area contributed by atoms with E-state index in [4.69, 9.17) is 9.47 Å². The lowest BCUT2D eigenvalue weighted by molar-refractivity contribution is -0.0670. The number of nitrogens with zero attached hydrogens (tertiary/aromatic N) is 2. The second kappa shape index (κ2) is 5.34. The smallest absolute Gasteiger partial charge is 0.232 e. The molecule has 1 saturated heterocycles. The van der Waals surface area contributed by atoms with Gasteiger partial charge in [0.1, 0.15) is 6.17 Å². The molecular formula is C17H13BrFN3O3. The Kier molecular flexibility index (Phi) is 3.20. The van der Waals surface area contributed by atoms with Crippen LogP contribution in [-0.2, 0) is 0 Å². The maximum Gasteiger partial charge on any atom is 0.232 e. The van der Waals surface area contributed by atoms with Crippen molar-refractivity contribution in [1.29, 1.82) is 0 Å². The van der Waals surface area contributed by atoms with E-state index in [1.807, 2.05) is 11.0 Å². The van der Waals surface area contributed by atoms with Crippen LogP contribution in [0.15, 0.2) is 39.8 Å². The van der Waals surface area contributed by atoms with E-state index in [0.29, 0.717) is 21.7 Å². The number of aliphatic hydroxyl groups excluding tert-OH is 1. The lowest BCUT2D eigenvalue weighted by Crippen LogP contribution is -2.28. The Morgan fingerprint density at radius 3 is 3.08 bits per heavy atom. The summed E-state index contributed by atoms with van der Waals surface area (Å²) in [6.45, 7) is 0.0946. The SMILES string of the molecule is OC1COc2cc3c(cc2O1)C1C(Nc2cccc(Br)c2F)N1C=N3. The maximum absolute atomic E-state index is 14.2. The molecule has 0 aromatic heterocycles. The topological polar surface area (TPSA) is 66.1 Å². The van der Waals surface area contributed by atoms with Crippen molar-refractivity contribution in [2.75, 3.05) is 11.9 Å². The Morgan fingerprint density at radius 2 is 2.20 bits per heavy atom. The van der Waals surface area contributed by atoms with Crippen molar-refractivity contribution in [3.63, 3.8) is 0 Å². The van der Waals surface area contributed by atoms with Crippen LogP contribution in [0.5, 0.6) is 11.5 Å². The highest BCUT2D eigenvalue weighted by Gasteiger charge is 2.50. The van der Waals surface area contributed by atoms with Crippen LogP contribution in [0.2, 0.25) is 0 Å². The van der Waals surface area contributed by atoms with Gasteiger partial charge in [0, 0.05) is 11.6 Å². The Balaban J connectivity index is 1.45. The number of rotatable bonds is 2. The van der Waals surface area contributed by atoms with Gasteiger partial charge in [0.2, 0.25) is 6.29 Å². The Hall–Kier alpha value is -2.32. The molecule has 0 bridgehead atoms. The Morgan fingerprint density at radius 1 is 1.32 bits per heavy atom. The van der Waals surface area contributed by atoms with Gasteiger partial charge in [-0.15, -0.1) is 0 Å². The summed E-state index contributed by atoms with van der Waals surface area (Å²) < 4.78 is 25.5. The van der Waals surface area contributed by atoms with Gasteiger partial charge in [0.25, 0.3) is 0 Å². The van der Waals surface area contributed by atoms with E-state index in [-0.39, 0.29) is 24.6 Å². The van der Waals surface area contributed by atoms with Gasteiger partial charge in [0.15, 0.2) is 23.9 Å². The summed E-state index contributed by atoms with van der Waals surface area (Å²) in [6, 6.07) is 8.80. The molecule has 0 radical (unpaired) electrons. The molecule has 3 aliphatic heterocycles. The molecule has 1 fully saturated rings. The summed E-state index contributed by atoms with van der Waals surface area (Å²) in [7, 11) is 0. The first-order valence-corrected chi connectivity index (χ1v) is 8.59. The first-order valence-electron chi connectivity index (χ1n) is 7.79. The van der Waals surface area contributed by atoms with E-state index in [9.17, 15) is 9.50 Å². The summed E-state index contributed by atoms with van der Waals surface area (Å²) in [6.07, 6.45) is 0.671. The van der Waals surface area contributed by atoms with Gasteiger partial charge in [-0.2, -0.15) is 0 Å². The van der Waals surface area contributed by atoms with E-state index in [1.54, 1.807) is 30.6 Å². The third kappa shape index (κ3) is 2.36. The van der Waals surface area contributed by atoms with E-state index >= 15 is 0 Å². The van der Waals surface area contributed by atoms with E-state index in [1.165, 1.54) is 0 Å². The molecule has 25 heavy (non-hydrogen) atoms. The number of ether oxygens (including phenoxy) is 2. The molecular weight excluding hydrogens is 393 g/mol. The van der Waals surface area contributed by atoms with Gasteiger partial charge in [-0.05, 0) is 34.1 Å². The van der Waals surface area contributed by atoms with Crippen molar-refractivity contribution >= 4 is 33.6 Å². The monoisotopic (exact) mass is 405 g/mol. The molecule has 2 aromatic rings. The number of hydrogen-bond acceptors (Lipinski definition) is 6. The minimum atomic E-state index is -0.974. The number of aliphatic hydroxyl groups is 1. The zero-order chi connectivity index (χ0) is 17.1. The molecule has 5 rings (SSSR count). The fourth-order valence-corrected chi connectivity index (χ4v) is 3.61. The molecule has 0 amide bonds. The number of halogens is 2. The molecule has 6 nitrogen and oxygen atoms in total.